The smallest absolute Gasteiger partial charge is 0.0684 e. The lowest BCUT2D eigenvalue weighted by atomic mass is 9.93. The molecule has 0 amide bonds. The highest BCUT2D eigenvalue weighted by atomic mass is 35.5. The van der Waals surface area contributed by atoms with Crippen LogP contribution in [0.2, 0.25) is 5.02 Å². The fourth-order valence-electron chi connectivity index (χ4n) is 1.13. The molecule has 4 heteroatoms. The Bertz CT molecular complexity index is 437. The Balaban J connectivity index is 2.64. The average Bonchev–Trinajstić information content (AvgIpc) is 2.26. The van der Waals surface area contributed by atoms with Crippen molar-refractivity contribution in [3.8, 4) is 6.07 Å². The molecule has 1 aromatic carbocycles. The van der Waals surface area contributed by atoms with E-state index in [9.17, 15) is 4.21 Å². The van der Waals surface area contributed by atoms with Crippen molar-refractivity contribution in [3.05, 3.63) is 29.3 Å². The molecule has 0 bridgehead atoms. The monoisotopic (exact) mass is 255 g/mol. The molecule has 86 valence electrons. The molecule has 0 N–H and O–H groups in total. The molecule has 1 unspecified atom stereocenters. The molecule has 0 radical (unpaired) electrons. The van der Waals surface area contributed by atoms with Crippen LogP contribution in [0, 0.1) is 16.7 Å². The third kappa shape index (κ3) is 3.96. The van der Waals surface area contributed by atoms with Gasteiger partial charge in [-0.2, -0.15) is 5.26 Å². The summed E-state index contributed by atoms with van der Waals surface area (Å²) < 4.78 is 11.9. The summed E-state index contributed by atoms with van der Waals surface area (Å²) in [5, 5.41) is 9.44. The first-order valence-corrected chi connectivity index (χ1v) is 6.69. The van der Waals surface area contributed by atoms with Crippen LogP contribution in [0.15, 0.2) is 29.2 Å². The van der Waals surface area contributed by atoms with E-state index in [1.165, 1.54) is 0 Å². The van der Waals surface area contributed by atoms with Gasteiger partial charge in [-0.05, 0) is 38.5 Å². The number of halogens is 1. The molecule has 0 aliphatic carbocycles. The van der Waals surface area contributed by atoms with Gasteiger partial charge in [-0.15, -0.1) is 0 Å². The van der Waals surface area contributed by atoms with Gasteiger partial charge in [-0.25, -0.2) is 0 Å². The lowest BCUT2D eigenvalue weighted by Crippen LogP contribution is -2.12. The van der Waals surface area contributed by atoms with Crippen molar-refractivity contribution in [2.45, 2.75) is 25.2 Å². The average molecular weight is 256 g/mol. The molecular weight excluding hydrogens is 242 g/mol. The summed E-state index contributed by atoms with van der Waals surface area (Å²) >= 11 is 5.82. The van der Waals surface area contributed by atoms with Crippen molar-refractivity contribution in [2.75, 3.05) is 5.75 Å². The Hall–Kier alpha value is -0.850. The second kappa shape index (κ2) is 5.47. The van der Waals surface area contributed by atoms with Crippen molar-refractivity contribution in [3.63, 3.8) is 0 Å². The van der Waals surface area contributed by atoms with E-state index in [2.05, 4.69) is 6.07 Å². The first-order chi connectivity index (χ1) is 7.44. The summed E-state index contributed by atoms with van der Waals surface area (Å²) in [6.45, 7) is 3.70. The lowest BCUT2D eigenvalue weighted by molar-refractivity contribution is 0.479. The van der Waals surface area contributed by atoms with E-state index in [4.69, 9.17) is 16.9 Å². The molecule has 0 fully saturated rings. The maximum Gasteiger partial charge on any atom is 0.0684 e. The maximum atomic E-state index is 11.9. The summed E-state index contributed by atoms with van der Waals surface area (Å²) in [6, 6.07) is 9.23. The van der Waals surface area contributed by atoms with Crippen LogP contribution in [0.4, 0.5) is 0 Å². The van der Waals surface area contributed by atoms with E-state index in [0.29, 0.717) is 17.2 Å². The highest BCUT2D eigenvalue weighted by molar-refractivity contribution is 7.85. The van der Waals surface area contributed by atoms with Crippen LogP contribution in [-0.4, -0.2) is 9.96 Å². The van der Waals surface area contributed by atoms with Gasteiger partial charge in [0.25, 0.3) is 0 Å². The van der Waals surface area contributed by atoms with E-state index < -0.39 is 16.2 Å². The Morgan fingerprint density at radius 1 is 1.50 bits per heavy atom. The van der Waals surface area contributed by atoms with Crippen LogP contribution in [0.1, 0.15) is 20.3 Å². The Labute approximate surface area is 104 Å². The van der Waals surface area contributed by atoms with Gasteiger partial charge in [0.2, 0.25) is 0 Å². The highest BCUT2D eigenvalue weighted by Gasteiger charge is 2.18. The summed E-state index contributed by atoms with van der Waals surface area (Å²) in [5.41, 5.74) is -0.422. The second-order valence-electron chi connectivity index (χ2n) is 4.25. The van der Waals surface area contributed by atoms with Crippen molar-refractivity contribution >= 4 is 22.4 Å². The fourth-order valence-corrected chi connectivity index (χ4v) is 2.81. The number of nitriles is 1. The van der Waals surface area contributed by atoms with Crippen molar-refractivity contribution in [1.82, 2.24) is 0 Å². The zero-order valence-corrected chi connectivity index (χ0v) is 10.9. The van der Waals surface area contributed by atoms with Gasteiger partial charge in [0, 0.05) is 15.7 Å². The molecule has 0 saturated heterocycles. The summed E-state index contributed by atoms with van der Waals surface area (Å²) in [5.74, 6) is 0.487. The first kappa shape index (κ1) is 13.2. The zero-order valence-electron chi connectivity index (χ0n) is 9.37. The summed E-state index contributed by atoms with van der Waals surface area (Å²) in [6.07, 6.45) is 0.614. The Kier molecular flexibility index (Phi) is 4.52. The van der Waals surface area contributed by atoms with Crippen molar-refractivity contribution in [1.29, 1.82) is 5.26 Å². The molecule has 0 heterocycles. The summed E-state index contributed by atoms with van der Waals surface area (Å²) in [7, 11) is -1.08. The Morgan fingerprint density at radius 2 is 2.19 bits per heavy atom. The van der Waals surface area contributed by atoms with Gasteiger partial charge < -0.3 is 0 Å². The lowest BCUT2D eigenvalue weighted by Gasteiger charge is -2.14. The number of hydrogen-bond donors (Lipinski definition) is 0. The molecule has 0 aliphatic rings. The molecular formula is C12H14ClNOS. The van der Waals surface area contributed by atoms with E-state index in [0.717, 1.165) is 4.90 Å². The minimum atomic E-state index is -1.08. The number of nitrogens with zero attached hydrogens (tertiary/aromatic N) is 1. The first-order valence-electron chi connectivity index (χ1n) is 5.00. The second-order valence-corrected chi connectivity index (χ2v) is 6.26. The molecule has 1 atom stereocenters. The van der Waals surface area contributed by atoms with Gasteiger partial charge >= 0.3 is 0 Å². The van der Waals surface area contributed by atoms with E-state index in [1.54, 1.807) is 24.3 Å². The van der Waals surface area contributed by atoms with Gasteiger partial charge in [-0.3, -0.25) is 4.21 Å². The van der Waals surface area contributed by atoms with Crippen LogP contribution in [0.5, 0.6) is 0 Å². The normalized spacial score (nSPS) is 13.1. The minimum Gasteiger partial charge on any atom is -0.254 e. The topological polar surface area (TPSA) is 40.9 Å². The van der Waals surface area contributed by atoms with Crippen molar-refractivity contribution in [2.24, 2.45) is 5.41 Å². The molecule has 2 nitrogen and oxygen atoms in total. The molecule has 0 saturated carbocycles. The predicted molar refractivity (Wildman–Crippen MR) is 66.7 cm³/mol. The molecule has 16 heavy (non-hydrogen) atoms. The standard InChI is InChI=1S/C12H14ClNOS/c1-12(2,9-14)6-7-16(15)11-5-3-4-10(13)8-11/h3-5,8H,6-7H2,1-2H3. The van der Waals surface area contributed by atoms with Gasteiger partial charge in [0.15, 0.2) is 0 Å². The number of benzene rings is 1. The van der Waals surface area contributed by atoms with Crippen LogP contribution in [-0.2, 0) is 10.8 Å². The number of rotatable bonds is 4. The molecule has 1 aromatic rings. The molecule has 0 spiro atoms. The van der Waals surface area contributed by atoms with Crippen molar-refractivity contribution < 1.29 is 4.21 Å². The van der Waals surface area contributed by atoms with Gasteiger partial charge in [0.05, 0.1) is 22.3 Å². The largest absolute Gasteiger partial charge is 0.254 e. The van der Waals surface area contributed by atoms with Gasteiger partial charge in [-0.1, -0.05) is 17.7 Å². The van der Waals surface area contributed by atoms with E-state index in [1.807, 2.05) is 13.8 Å². The molecule has 0 aromatic heterocycles. The minimum absolute atomic E-state index is 0.422. The van der Waals surface area contributed by atoms with E-state index >= 15 is 0 Å². The Morgan fingerprint density at radius 3 is 2.75 bits per heavy atom. The fraction of sp³-hybridized carbons (Fsp3) is 0.417. The summed E-state index contributed by atoms with van der Waals surface area (Å²) in [4.78, 5) is 0.723. The van der Waals surface area contributed by atoms with Crippen LogP contribution in [0.25, 0.3) is 0 Å². The van der Waals surface area contributed by atoms with Crippen LogP contribution < -0.4 is 0 Å². The van der Waals surface area contributed by atoms with Gasteiger partial charge in [0.1, 0.15) is 0 Å². The third-order valence-corrected chi connectivity index (χ3v) is 3.86. The van der Waals surface area contributed by atoms with Crippen LogP contribution in [0.3, 0.4) is 0 Å². The van der Waals surface area contributed by atoms with E-state index in [-0.39, 0.29) is 0 Å². The third-order valence-electron chi connectivity index (χ3n) is 2.27. The highest BCUT2D eigenvalue weighted by Crippen LogP contribution is 2.21. The SMILES string of the molecule is CC(C)(C#N)CCS(=O)c1cccc(Cl)c1. The zero-order chi connectivity index (χ0) is 12.2. The maximum absolute atomic E-state index is 11.9. The number of hydrogen-bond acceptors (Lipinski definition) is 2. The quantitative estimate of drug-likeness (QED) is 0.828. The molecule has 0 aliphatic heterocycles. The molecule has 1 rings (SSSR count). The predicted octanol–water partition coefficient (Wildman–Crippen LogP) is 3.39. The van der Waals surface area contributed by atoms with Crippen LogP contribution >= 0.6 is 11.6 Å².